The van der Waals surface area contributed by atoms with Crippen molar-refractivity contribution in [1.29, 1.82) is 5.26 Å². The molecule has 0 spiro atoms. The molecular formula is C26H20N4O2S. The van der Waals surface area contributed by atoms with Gasteiger partial charge in [-0.15, -0.1) is 0 Å². The van der Waals surface area contributed by atoms with E-state index in [0.717, 1.165) is 27.8 Å². The van der Waals surface area contributed by atoms with Crippen LogP contribution in [0.1, 0.15) is 17.3 Å². The highest BCUT2D eigenvalue weighted by atomic mass is 32.2. The van der Waals surface area contributed by atoms with Gasteiger partial charge in [-0.1, -0.05) is 60.7 Å². The highest BCUT2D eigenvalue weighted by molar-refractivity contribution is 8.03. The third-order valence-corrected chi connectivity index (χ3v) is 5.67. The summed E-state index contributed by atoms with van der Waals surface area (Å²) >= 11 is 1.04. The number of hydrogen-bond donors (Lipinski definition) is 1. The molecule has 0 saturated carbocycles. The Bertz CT molecular complexity index is 1380. The molecule has 0 unspecified atom stereocenters. The molecule has 6 nitrogen and oxygen atoms in total. The van der Waals surface area contributed by atoms with Crippen molar-refractivity contribution in [2.45, 2.75) is 18.4 Å². The van der Waals surface area contributed by atoms with E-state index in [0.29, 0.717) is 23.5 Å². The van der Waals surface area contributed by atoms with E-state index in [2.05, 4.69) is 10.4 Å². The van der Waals surface area contributed by atoms with Crippen LogP contribution in [0.5, 0.6) is 0 Å². The number of nitriles is 1. The number of carbonyl (C=O) groups is 1. The Kier molecular flexibility index (Phi) is 6.67. The van der Waals surface area contributed by atoms with Crippen LogP contribution in [0.25, 0.3) is 22.4 Å². The van der Waals surface area contributed by atoms with Crippen molar-refractivity contribution in [1.82, 2.24) is 9.78 Å². The summed E-state index contributed by atoms with van der Waals surface area (Å²) in [6.07, 6.45) is 0. The van der Waals surface area contributed by atoms with Crippen LogP contribution in [0.2, 0.25) is 0 Å². The van der Waals surface area contributed by atoms with Gasteiger partial charge in [-0.2, -0.15) is 10.4 Å². The fourth-order valence-electron chi connectivity index (χ4n) is 3.53. The average Bonchev–Trinajstić information content (AvgIpc) is 2.86. The molecule has 1 aromatic heterocycles. The molecular weight excluding hydrogens is 432 g/mol. The second-order valence-electron chi connectivity index (χ2n) is 7.12. The number of aromatic nitrogens is 2. The van der Waals surface area contributed by atoms with Crippen molar-refractivity contribution in [3.05, 3.63) is 101 Å². The summed E-state index contributed by atoms with van der Waals surface area (Å²) in [5, 5.41) is 18.3. The standard InChI is InChI=1S/C26H20N4O2S/c1-2-30-26(32)23(25(31)28-20-13-15-21(16-14-20)33-17-27)22(18-9-5-3-6-10-18)24(29-30)19-11-7-4-8-12-19/h3-16H,2H2,1H3,(H,28,31). The lowest BCUT2D eigenvalue weighted by Crippen LogP contribution is -2.32. The zero-order valence-corrected chi connectivity index (χ0v) is 18.7. The second kappa shape index (κ2) is 9.98. The zero-order valence-electron chi connectivity index (χ0n) is 17.9. The number of nitrogens with one attached hydrogen (secondary N) is 1. The number of aryl methyl sites for hydroxylation is 1. The van der Waals surface area contributed by atoms with Gasteiger partial charge in [0.25, 0.3) is 11.5 Å². The Balaban J connectivity index is 1.90. The summed E-state index contributed by atoms with van der Waals surface area (Å²) in [5.41, 5.74) is 2.71. The molecule has 0 bridgehead atoms. The first-order valence-electron chi connectivity index (χ1n) is 10.4. The molecule has 162 valence electrons. The lowest BCUT2D eigenvalue weighted by molar-refractivity contribution is 0.102. The van der Waals surface area contributed by atoms with E-state index >= 15 is 0 Å². The number of thioether (sulfide) groups is 1. The summed E-state index contributed by atoms with van der Waals surface area (Å²) in [6.45, 7) is 2.15. The van der Waals surface area contributed by atoms with E-state index in [1.54, 1.807) is 24.3 Å². The van der Waals surface area contributed by atoms with Crippen molar-refractivity contribution in [2.75, 3.05) is 5.32 Å². The maximum atomic E-state index is 13.5. The zero-order chi connectivity index (χ0) is 23.2. The van der Waals surface area contributed by atoms with Crippen LogP contribution in [0.4, 0.5) is 5.69 Å². The predicted molar refractivity (Wildman–Crippen MR) is 131 cm³/mol. The van der Waals surface area contributed by atoms with Gasteiger partial charge in [0.1, 0.15) is 11.0 Å². The van der Waals surface area contributed by atoms with Crippen LogP contribution >= 0.6 is 11.8 Å². The van der Waals surface area contributed by atoms with Gasteiger partial charge in [-0.3, -0.25) is 9.59 Å². The first-order valence-corrected chi connectivity index (χ1v) is 11.2. The van der Waals surface area contributed by atoms with Gasteiger partial charge in [0.2, 0.25) is 0 Å². The van der Waals surface area contributed by atoms with E-state index in [4.69, 9.17) is 5.26 Å². The molecule has 0 atom stereocenters. The minimum atomic E-state index is -0.513. The number of nitrogens with zero attached hydrogens (tertiary/aromatic N) is 3. The Morgan fingerprint density at radius 3 is 2.15 bits per heavy atom. The van der Waals surface area contributed by atoms with Crippen molar-refractivity contribution in [3.63, 3.8) is 0 Å². The first-order chi connectivity index (χ1) is 16.1. The molecule has 7 heteroatoms. The summed E-state index contributed by atoms with van der Waals surface area (Å²) in [6, 6.07) is 25.8. The van der Waals surface area contributed by atoms with Gasteiger partial charge in [0.15, 0.2) is 0 Å². The quantitative estimate of drug-likeness (QED) is 0.312. The molecule has 3 aromatic carbocycles. The number of thiocyanates is 1. The summed E-state index contributed by atoms with van der Waals surface area (Å²) in [4.78, 5) is 27.6. The molecule has 4 rings (SSSR count). The Morgan fingerprint density at radius 2 is 1.58 bits per heavy atom. The summed E-state index contributed by atoms with van der Waals surface area (Å²) in [5.74, 6) is -0.513. The number of amides is 1. The maximum absolute atomic E-state index is 13.5. The lowest BCUT2D eigenvalue weighted by Gasteiger charge is -2.17. The van der Waals surface area contributed by atoms with Crippen LogP contribution in [0, 0.1) is 10.7 Å². The molecule has 1 heterocycles. The summed E-state index contributed by atoms with van der Waals surface area (Å²) in [7, 11) is 0. The fraction of sp³-hybridized carbons (Fsp3) is 0.0769. The lowest BCUT2D eigenvalue weighted by atomic mass is 9.95. The molecule has 0 fully saturated rings. The van der Waals surface area contributed by atoms with E-state index < -0.39 is 11.5 Å². The number of carbonyl (C=O) groups excluding carboxylic acids is 1. The highest BCUT2D eigenvalue weighted by Crippen LogP contribution is 2.32. The number of rotatable bonds is 6. The Labute approximate surface area is 195 Å². The SMILES string of the molecule is CCn1nc(-c2ccccc2)c(-c2ccccc2)c(C(=O)Nc2ccc(SC#N)cc2)c1=O. The fourth-order valence-corrected chi connectivity index (χ4v) is 3.91. The third kappa shape index (κ3) is 4.71. The predicted octanol–water partition coefficient (Wildman–Crippen LogP) is 5.42. The monoisotopic (exact) mass is 452 g/mol. The number of anilines is 1. The average molecular weight is 453 g/mol. The van der Waals surface area contributed by atoms with Gasteiger partial charge in [0, 0.05) is 28.3 Å². The summed E-state index contributed by atoms with van der Waals surface area (Å²) < 4.78 is 1.32. The largest absolute Gasteiger partial charge is 0.322 e. The van der Waals surface area contributed by atoms with Crippen LogP contribution in [0.15, 0.2) is 94.6 Å². The number of benzene rings is 3. The third-order valence-electron chi connectivity index (χ3n) is 5.07. The molecule has 0 aliphatic heterocycles. The van der Waals surface area contributed by atoms with Crippen LogP contribution in [-0.4, -0.2) is 15.7 Å². The molecule has 33 heavy (non-hydrogen) atoms. The minimum absolute atomic E-state index is 0.0346. The maximum Gasteiger partial charge on any atom is 0.280 e. The Morgan fingerprint density at radius 1 is 0.970 bits per heavy atom. The van der Waals surface area contributed by atoms with Crippen molar-refractivity contribution >= 4 is 23.4 Å². The molecule has 0 radical (unpaired) electrons. The first kappa shape index (κ1) is 22.1. The van der Waals surface area contributed by atoms with Crippen molar-refractivity contribution in [3.8, 4) is 27.8 Å². The van der Waals surface area contributed by atoms with Crippen LogP contribution in [-0.2, 0) is 6.54 Å². The number of hydrogen-bond acceptors (Lipinski definition) is 5. The van der Waals surface area contributed by atoms with Crippen LogP contribution < -0.4 is 10.9 Å². The van der Waals surface area contributed by atoms with E-state index in [1.165, 1.54) is 4.68 Å². The van der Waals surface area contributed by atoms with Gasteiger partial charge in [-0.05, 0) is 48.5 Å². The van der Waals surface area contributed by atoms with E-state index in [1.807, 2.05) is 73.0 Å². The molecule has 4 aromatic rings. The van der Waals surface area contributed by atoms with Gasteiger partial charge >= 0.3 is 0 Å². The van der Waals surface area contributed by atoms with Crippen molar-refractivity contribution in [2.24, 2.45) is 0 Å². The van der Waals surface area contributed by atoms with Gasteiger partial charge in [-0.25, -0.2) is 4.68 Å². The second-order valence-corrected chi connectivity index (χ2v) is 7.98. The normalized spacial score (nSPS) is 10.4. The van der Waals surface area contributed by atoms with Crippen LogP contribution in [0.3, 0.4) is 0 Å². The van der Waals surface area contributed by atoms with E-state index in [9.17, 15) is 9.59 Å². The Hall–Kier alpha value is -4.15. The molecule has 1 N–H and O–H groups in total. The minimum Gasteiger partial charge on any atom is -0.322 e. The van der Waals surface area contributed by atoms with Gasteiger partial charge in [0.05, 0.1) is 5.69 Å². The van der Waals surface area contributed by atoms with Gasteiger partial charge < -0.3 is 5.32 Å². The molecule has 0 saturated heterocycles. The highest BCUT2D eigenvalue weighted by Gasteiger charge is 2.25. The molecule has 0 aliphatic rings. The topological polar surface area (TPSA) is 87.8 Å². The van der Waals surface area contributed by atoms with Crippen molar-refractivity contribution < 1.29 is 4.79 Å². The molecule has 0 aliphatic carbocycles. The molecule has 1 amide bonds. The smallest absolute Gasteiger partial charge is 0.280 e. The van der Waals surface area contributed by atoms with E-state index in [-0.39, 0.29) is 5.56 Å².